The van der Waals surface area contributed by atoms with Gasteiger partial charge in [0, 0.05) is 12.2 Å². The third-order valence-corrected chi connectivity index (χ3v) is 3.10. The number of nitrogens with one attached hydrogen (secondary N) is 1. The molecule has 0 saturated heterocycles. The molecule has 0 aromatic carbocycles. The Bertz CT molecular complexity index is 576. The highest BCUT2D eigenvalue weighted by molar-refractivity contribution is 5.90. The molecule has 0 atom stereocenters. The van der Waals surface area contributed by atoms with Crippen LogP contribution in [0, 0.1) is 6.92 Å². The zero-order valence-corrected chi connectivity index (χ0v) is 10.7. The molecule has 2 aromatic heterocycles. The first kappa shape index (κ1) is 11.8. The topological polar surface area (TPSA) is 74.8 Å². The van der Waals surface area contributed by atoms with E-state index in [1.165, 1.54) is 0 Å². The maximum atomic E-state index is 12.4. The Morgan fingerprint density at radius 2 is 2.32 bits per heavy atom. The molecule has 0 spiro atoms. The van der Waals surface area contributed by atoms with Crippen molar-refractivity contribution in [2.75, 3.05) is 0 Å². The van der Waals surface area contributed by atoms with Gasteiger partial charge in [-0.1, -0.05) is 6.07 Å². The van der Waals surface area contributed by atoms with E-state index in [-0.39, 0.29) is 11.7 Å². The van der Waals surface area contributed by atoms with E-state index in [2.05, 4.69) is 20.2 Å². The molecule has 1 N–H and O–H groups in total. The average molecular weight is 257 g/mol. The molecule has 6 nitrogen and oxygen atoms in total. The maximum absolute atomic E-state index is 12.4. The van der Waals surface area contributed by atoms with Crippen molar-refractivity contribution in [3.05, 3.63) is 41.7 Å². The summed E-state index contributed by atoms with van der Waals surface area (Å²) in [6, 6.07) is 6.01. The van der Waals surface area contributed by atoms with Crippen molar-refractivity contribution in [3.8, 4) is 0 Å². The third-order valence-electron chi connectivity index (χ3n) is 3.10. The standard InChI is InChI=1S/C13H15N5O/c1-9-15-12(17-16-9)13(19)18(11-5-6-11)8-10-4-2-3-7-14-10/h2-4,7,11H,5-6,8H2,1H3,(H,15,16,17). The Hall–Kier alpha value is -2.24. The number of aryl methyl sites for hydroxylation is 1. The molecule has 0 unspecified atom stereocenters. The van der Waals surface area contributed by atoms with Crippen LogP contribution in [0.15, 0.2) is 24.4 Å². The van der Waals surface area contributed by atoms with Gasteiger partial charge in [0.1, 0.15) is 5.82 Å². The van der Waals surface area contributed by atoms with Crippen LogP contribution < -0.4 is 0 Å². The zero-order chi connectivity index (χ0) is 13.2. The first-order valence-corrected chi connectivity index (χ1v) is 6.34. The van der Waals surface area contributed by atoms with Crippen molar-refractivity contribution < 1.29 is 4.79 Å². The molecule has 0 bridgehead atoms. The Morgan fingerprint density at radius 3 is 2.89 bits per heavy atom. The Kier molecular flexibility index (Phi) is 2.98. The highest BCUT2D eigenvalue weighted by Crippen LogP contribution is 2.29. The molecule has 98 valence electrons. The smallest absolute Gasteiger partial charge is 0.294 e. The van der Waals surface area contributed by atoms with Gasteiger partial charge in [0.05, 0.1) is 12.2 Å². The van der Waals surface area contributed by atoms with Gasteiger partial charge in [-0.25, -0.2) is 4.98 Å². The van der Waals surface area contributed by atoms with Gasteiger partial charge in [-0.05, 0) is 31.9 Å². The largest absolute Gasteiger partial charge is 0.327 e. The van der Waals surface area contributed by atoms with Gasteiger partial charge in [-0.2, -0.15) is 0 Å². The molecule has 6 heteroatoms. The van der Waals surface area contributed by atoms with Crippen molar-refractivity contribution in [2.24, 2.45) is 0 Å². The summed E-state index contributed by atoms with van der Waals surface area (Å²) in [6.07, 6.45) is 3.83. The van der Waals surface area contributed by atoms with Gasteiger partial charge in [0.25, 0.3) is 5.91 Å². The lowest BCUT2D eigenvalue weighted by Gasteiger charge is -2.20. The second-order valence-electron chi connectivity index (χ2n) is 4.73. The van der Waals surface area contributed by atoms with Crippen molar-refractivity contribution in [1.29, 1.82) is 0 Å². The Morgan fingerprint density at radius 1 is 1.47 bits per heavy atom. The van der Waals surface area contributed by atoms with Crippen molar-refractivity contribution in [1.82, 2.24) is 25.1 Å². The minimum Gasteiger partial charge on any atom is -0.327 e. The van der Waals surface area contributed by atoms with E-state index < -0.39 is 0 Å². The number of nitrogens with zero attached hydrogens (tertiary/aromatic N) is 4. The van der Waals surface area contributed by atoms with Crippen LogP contribution in [0.1, 0.15) is 35.0 Å². The SMILES string of the molecule is Cc1nc(C(=O)N(Cc2ccccn2)C2CC2)n[nH]1. The van der Waals surface area contributed by atoms with Crippen LogP contribution in [0.4, 0.5) is 0 Å². The molecule has 1 saturated carbocycles. The van der Waals surface area contributed by atoms with Gasteiger partial charge >= 0.3 is 0 Å². The lowest BCUT2D eigenvalue weighted by Crippen LogP contribution is -2.33. The van der Waals surface area contributed by atoms with Crippen LogP contribution >= 0.6 is 0 Å². The predicted molar refractivity (Wildman–Crippen MR) is 68.3 cm³/mol. The van der Waals surface area contributed by atoms with Crippen LogP contribution in [0.2, 0.25) is 0 Å². The Labute approximate surface area is 110 Å². The van der Waals surface area contributed by atoms with Crippen LogP contribution in [0.25, 0.3) is 0 Å². The first-order valence-electron chi connectivity index (χ1n) is 6.34. The molecule has 3 rings (SSSR count). The molecule has 0 radical (unpaired) electrons. The number of carbonyl (C=O) groups is 1. The van der Waals surface area contributed by atoms with E-state index in [1.807, 2.05) is 23.1 Å². The normalized spacial score (nSPS) is 14.4. The molecular formula is C13H15N5O. The van der Waals surface area contributed by atoms with E-state index in [0.29, 0.717) is 18.4 Å². The summed E-state index contributed by atoms with van der Waals surface area (Å²) in [5.74, 6) is 0.759. The molecule has 0 aliphatic heterocycles. The summed E-state index contributed by atoms with van der Waals surface area (Å²) in [5, 5.41) is 6.64. The van der Waals surface area contributed by atoms with E-state index >= 15 is 0 Å². The summed E-state index contributed by atoms with van der Waals surface area (Å²) < 4.78 is 0. The highest BCUT2D eigenvalue weighted by Gasteiger charge is 2.34. The minimum atomic E-state index is -0.127. The highest BCUT2D eigenvalue weighted by atomic mass is 16.2. The average Bonchev–Trinajstić information content (AvgIpc) is 3.18. The summed E-state index contributed by atoms with van der Waals surface area (Å²) in [5.41, 5.74) is 0.884. The van der Waals surface area contributed by atoms with Crippen LogP contribution in [0.3, 0.4) is 0 Å². The van der Waals surface area contributed by atoms with E-state index in [1.54, 1.807) is 13.1 Å². The number of hydrogen-bond acceptors (Lipinski definition) is 4. The van der Waals surface area contributed by atoms with Gasteiger partial charge < -0.3 is 4.90 Å². The second kappa shape index (κ2) is 4.79. The molecule has 1 aliphatic carbocycles. The number of H-pyrrole nitrogens is 1. The summed E-state index contributed by atoms with van der Waals surface area (Å²) in [4.78, 5) is 22.6. The fraction of sp³-hybridized carbons (Fsp3) is 0.385. The number of rotatable bonds is 4. The van der Waals surface area contributed by atoms with Gasteiger partial charge in [0.2, 0.25) is 5.82 Å². The molecule has 1 fully saturated rings. The molecule has 1 amide bonds. The third kappa shape index (κ3) is 2.62. The monoisotopic (exact) mass is 257 g/mol. The van der Waals surface area contributed by atoms with Crippen LogP contribution in [-0.4, -0.2) is 37.0 Å². The molecule has 1 aliphatic rings. The molecule has 2 heterocycles. The van der Waals surface area contributed by atoms with E-state index in [9.17, 15) is 4.79 Å². The van der Waals surface area contributed by atoms with Gasteiger partial charge in [0.15, 0.2) is 0 Å². The fourth-order valence-electron chi connectivity index (χ4n) is 1.99. The summed E-state index contributed by atoms with van der Waals surface area (Å²) in [7, 11) is 0. The number of pyridine rings is 1. The number of hydrogen-bond donors (Lipinski definition) is 1. The maximum Gasteiger partial charge on any atom is 0.294 e. The number of carbonyl (C=O) groups excluding carboxylic acids is 1. The van der Waals surface area contributed by atoms with Gasteiger partial charge in [-0.3, -0.25) is 14.9 Å². The number of amides is 1. The zero-order valence-electron chi connectivity index (χ0n) is 10.7. The Balaban J connectivity index is 1.79. The van der Waals surface area contributed by atoms with Crippen LogP contribution in [0.5, 0.6) is 0 Å². The van der Waals surface area contributed by atoms with E-state index in [4.69, 9.17) is 0 Å². The lowest BCUT2D eigenvalue weighted by molar-refractivity contribution is 0.0715. The first-order chi connectivity index (χ1) is 9.24. The quantitative estimate of drug-likeness (QED) is 0.896. The van der Waals surface area contributed by atoms with Crippen molar-refractivity contribution in [2.45, 2.75) is 32.4 Å². The molecular weight excluding hydrogens is 242 g/mol. The van der Waals surface area contributed by atoms with Crippen molar-refractivity contribution in [3.63, 3.8) is 0 Å². The number of aromatic amines is 1. The summed E-state index contributed by atoms with van der Waals surface area (Å²) in [6.45, 7) is 2.29. The predicted octanol–water partition coefficient (Wildman–Crippen LogP) is 1.31. The minimum absolute atomic E-state index is 0.127. The summed E-state index contributed by atoms with van der Waals surface area (Å²) >= 11 is 0. The number of aromatic nitrogens is 4. The lowest BCUT2D eigenvalue weighted by atomic mass is 10.3. The second-order valence-corrected chi connectivity index (χ2v) is 4.73. The van der Waals surface area contributed by atoms with E-state index in [0.717, 1.165) is 18.5 Å². The fourth-order valence-corrected chi connectivity index (χ4v) is 1.99. The van der Waals surface area contributed by atoms with Gasteiger partial charge in [-0.15, -0.1) is 5.10 Å². The molecule has 19 heavy (non-hydrogen) atoms. The van der Waals surface area contributed by atoms with Crippen LogP contribution in [-0.2, 0) is 6.54 Å². The van der Waals surface area contributed by atoms with Crippen molar-refractivity contribution >= 4 is 5.91 Å². The molecule has 2 aromatic rings.